The lowest BCUT2D eigenvalue weighted by Gasteiger charge is -2.23. The smallest absolute Gasteiger partial charge is 0.339 e. The van der Waals surface area contributed by atoms with Crippen LogP contribution in [0.15, 0.2) is 12.1 Å². The SMILES string of the molecule is COc1cc(CC2CCNCC2)cc(C(=O)O)c1O. The van der Waals surface area contributed by atoms with Crippen LogP contribution in [0.2, 0.25) is 0 Å². The number of aromatic hydroxyl groups is 1. The van der Waals surface area contributed by atoms with E-state index in [1.807, 2.05) is 0 Å². The monoisotopic (exact) mass is 265 g/mol. The van der Waals surface area contributed by atoms with Gasteiger partial charge in [-0.15, -0.1) is 0 Å². The van der Waals surface area contributed by atoms with Crippen molar-refractivity contribution < 1.29 is 19.7 Å². The van der Waals surface area contributed by atoms with E-state index in [4.69, 9.17) is 9.84 Å². The molecule has 0 aliphatic carbocycles. The third-order valence-corrected chi connectivity index (χ3v) is 3.57. The van der Waals surface area contributed by atoms with Crippen LogP contribution in [0.1, 0.15) is 28.8 Å². The Morgan fingerprint density at radius 2 is 2.11 bits per heavy atom. The van der Waals surface area contributed by atoms with Crippen LogP contribution in [0.25, 0.3) is 0 Å². The van der Waals surface area contributed by atoms with Gasteiger partial charge in [0.25, 0.3) is 0 Å². The van der Waals surface area contributed by atoms with E-state index < -0.39 is 5.97 Å². The van der Waals surface area contributed by atoms with E-state index in [1.165, 1.54) is 7.11 Å². The predicted octanol–water partition coefficient (Wildman–Crippen LogP) is 1.64. The summed E-state index contributed by atoms with van der Waals surface area (Å²) in [5, 5.41) is 22.2. The molecule has 1 aliphatic heterocycles. The van der Waals surface area contributed by atoms with Gasteiger partial charge in [-0.1, -0.05) is 0 Å². The summed E-state index contributed by atoms with van der Waals surface area (Å²) in [4.78, 5) is 11.1. The van der Waals surface area contributed by atoms with Gasteiger partial charge in [0.05, 0.1) is 7.11 Å². The first-order valence-electron chi connectivity index (χ1n) is 6.45. The molecule has 1 heterocycles. The number of piperidine rings is 1. The summed E-state index contributed by atoms with van der Waals surface area (Å²) in [6, 6.07) is 3.27. The molecule has 0 atom stereocenters. The number of aromatic carboxylic acids is 1. The molecule has 0 saturated carbocycles. The minimum Gasteiger partial charge on any atom is -0.504 e. The molecule has 1 saturated heterocycles. The average molecular weight is 265 g/mol. The standard InChI is InChI=1S/C14H19NO4/c1-19-12-8-10(6-9-2-4-15-5-3-9)7-11(13(12)16)14(17)18/h7-9,15-16H,2-6H2,1H3,(H,17,18). The van der Waals surface area contributed by atoms with E-state index in [2.05, 4.69) is 5.32 Å². The second-order valence-electron chi connectivity index (χ2n) is 4.90. The molecule has 5 nitrogen and oxygen atoms in total. The molecular weight excluding hydrogens is 246 g/mol. The fraction of sp³-hybridized carbons (Fsp3) is 0.500. The summed E-state index contributed by atoms with van der Waals surface area (Å²) >= 11 is 0. The van der Waals surface area contributed by atoms with Crippen molar-refractivity contribution in [1.82, 2.24) is 5.32 Å². The zero-order chi connectivity index (χ0) is 13.8. The number of carbonyl (C=O) groups is 1. The number of ether oxygens (including phenoxy) is 1. The van der Waals surface area contributed by atoms with Gasteiger partial charge in [-0.3, -0.25) is 0 Å². The molecule has 0 aromatic heterocycles. The van der Waals surface area contributed by atoms with Crippen LogP contribution in [0.3, 0.4) is 0 Å². The quantitative estimate of drug-likeness (QED) is 0.771. The molecule has 1 aromatic rings. The van der Waals surface area contributed by atoms with Crippen LogP contribution in [-0.4, -0.2) is 36.4 Å². The second-order valence-corrected chi connectivity index (χ2v) is 4.90. The molecule has 5 heteroatoms. The number of hydrogen-bond acceptors (Lipinski definition) is 4. The molecule has 0 bridgehead atoms. The summed E-state index contributed by atoms with van der Waals surface area (Å²) in [6.07, 6.45) is 3.00. The molecule has 3 N–H and O–H groups in total. The van der Waals surface area contributed by atoms with Gasteiger partial charge < -0.3 is 20.3 Å². The Hall–Kier alpha value is -1.75. The normalized spacial score (nSPS) is 16.3. The van der Waals surface area contributed by atoms with Crippen LogP contribution in [-0.2, 0) is 6.42 Å². The van der Waals surface area contributed by atoms with Crippen molar-refractivity contribution in [2.45, 2.75) is 19.3 Å². The van der Waals surface area contributed by atoms with Crippen LogP contribution in [0.5, 0.6) is 11.5 Å². The van der Waals surface area contributed by atoms with E-state index in [1.54, 1.807) is 12.1 Å². The highest BCUT2D eigenvalue weighted by Gasteiger charge is 2.19. The van der Waals surface area contributed by atoms with Crippen molar-refractivity contribution in [3.8, 4) is 11.5 Å². The minimum atomic E-state index is -1.14. The van der Waals surface area contributed by atoms with Crippen LogP contribution in [0, 0.1) is 5.92 Å². The number of rotatable bonds is 4. The van der Waals surface area contributed by atoms with E-state index in [0.29, 0.717) is 5.92 Å². The second kappa shape index (κ2) is 5.93. The van der Waals surface area contributed by atoms with Crippen molar-refractivity contribution in [3.05, 3.63) is 23.3 Å². The van der Waals surface area contributed by atoms with Crippen molar-refractivity contribution in [2.75, 3.05) is 20.2 Å². The zero-order valence-corrected chi connectivity index (χ0v) is 11.0. The van der Waals surface area contributed by atoms with Gasteiger partial charge in [0.1, 0.15) is 5.56 Å². The van der Waals surface area contributed by atoms with E-state index in [-0.39, 0.29) is 17.1 Å². The van der Waals surface area contributed by atoms with Crippen LogP contribution in [0.4, 0.5) is 0 Å². The topological polar surface area (TPSA) is 78.8 Å². The summed E-state index contributed by atoms with van der Waals surface area (Å²) in [7, 11) is 1.43. The number of carboxylic acids is 1. The maximum absolute atomic E-state index is 11.1. The largest absolute Gasteiger partial charge is 0.504 e. The summed E-state index contributed by atoms with van der Waals surface area (Å²) in [6.45, 7) is 2.01. The fourth-order valence-electron chi connectivity index (χ4n) is 2.52. The lowest BCUT2D eigenvalue weighted by molar-refractivity contribution is 0.0693. The van der Waals surface area contributed by atoms with Gasteiger partial charge in [0.15, 0.2) is 11.5 Å². The number of carboxylic acid groups (broad SMARTS) is 1. The highest BCUT2D eigenvalue weighted by molar-refractivity contribution is 5.92. The van der Waals surface area contributed by atoms with Crippen molar-refractivity contribution in [2.24, 2.45) is 5.92 Å². The fourth-order valence-corrected chi connectivity index (χ4v) is 2.52. The first-order valence-corrected chi connectivity index (χ1v) is 6.45. The zero-order valence-electron chi connectivity index (χ0n) is 11.0. The Bertz CT molecular complexity index is 467. The third-order valence-electron chi connectivity index (χ3n) is 3.57. The van der Waals surface area contributed by atoms with Gasteiger partial charge >= 0.3 is 5.97 Å². The minimum absolute atomic E-state index is 0.0942. The Morgan fingerprint density at radius 3 is 2.68 bits per heavy atom. The number of benzene rings is 1. The summed E-state index contributed by atoms with van der Waals surface area (Å²) in [5.41, 5.74) is 0.808. The van der Waals surface area contributed by atoms with Gasteiger partial charge in [-0.25, -0.2) is 4.79 Å². The van der Waals surface area contributed by atoms with E-state index >= 15 is 0 Å². The third kappa shape index (κ3) is 3.17. The van der Waals surface area contributed by atoms with Crippen molar-refractivity contribution >= 4 is 5.97 Å². The molecule has 1 aliphatic rings. The van der Waals surface area contributed by atoms with Gasteiger partial charge in [0.2, 0.25) is 0 Å². The molecule has 0 radical (unpaired) electrons. The molecule has 0 spiro atoms. The Kier molecular flexibility index (Phi) is 4.27. The molecule has 0 unspecified atom stereocenters. The number of nitrogens with one attached hydrogen (secondary N) is 1. The highest BCUT2D eigenvalue weighted by atomic mass is 16.5. The van der Waals surface area contributed by atoms with E-state index in [9.17, 15) is 9.90 Å². The van der Waals surface area contributed by atoms with Gasteiger partial charge in [-0.05, 0) is 56.0 Å². The maximum Gasteiger partial charge on any atom is 0.339 e. The lowest BCUT2D eigenvalue weighted by atomic mass is 9.90. The maximum atomic E-state index is 11.1. The summed E-state index contributed by atoms with van der Waals surface area (Å²) < 4.78 is 5.04. The van der Waals surface area contributed by atoms with Gasteiger partial charge in [0, 0.05) is 0 Å². The molecule has 0 amide bonds. The Morgan fingerprint density at radius 1 is 1.42 bits per heavy atom. The lowest BCUT2D eigenvalue weighted by Crippen LogP contribution is -2.28. The number of phenols is 1. The number of methoxy groups -OCH3 is 1. The van der Waals surface area contributed by atoms with Crippen molar-refractivity contribution in [1.29, 1.82) is 0 Å². The molecule has 1 aromatic carbocycles. The van der Waals surface area contributed by atoms with E-state index in [0.717, 1.165) is 37.9 Å². The first-order chi connectivity index (χ1) is 9.11. The molecule has 19 heavy (non-hydrogen) atoms. The molecule has 104 valence electrons. The van der Waals surface area contributed by atoms with Crippen LogP contribution >= 0.6 is 0 Å². The predicted molar refractivity (Wildman–Crippen MR) is 70.9 cm³/mol. The van der Waals surface area contributed by atoms with Crippen LogP contribution < -0.4 is 10.1 Å². The Balaban J connectivity index is 2.24. The first kappa shape index (κ1) is 13.7. The molecular formula is C14H19NO4. The Labute approximate surface area is 112 Å². The van der Waals surface area contributed by atoms with Crippen molar-refractivity contribution in [3.63, 3.8) is 0 Å². The summed E-state index contributed by atoms with van der Waals surface area (Å²) in [5.74, 6) is -0.659. The molecule has 2 rings (SSSR count). The van der Waals surface area contributed by atoms with Gasteiger partial charge in [-0.2, -0.15) is 0 Å². The average Bonchev–Trinajstić information content (AvgIpc) is 2.41. The molecule has 1 fully saturated rings. The highest BCUT2D eigenvalue weighted by Crippen LogP contribution is 2.33. The number of hydrogen-bond donors (Lipinski definition) is 3.